The van der Waals surface area contributed by atoms with Gasteiger partial charge in [0, 0.05) is 0 Å². The molecule has 0 amide bonds. The van der Waals surface area contributed by atoms with Crippen LogP contribution in [0.5, 0.6) is 0 Å². The molecule has 2 heteroatoms. The molecule has 0 saturated carbocycles. The molecule has 0 aliphatic rings. The quantitative estimate of drug-likeness (QED) is 0.590. The van der Waals surface area contributed by atoms with Crippen molar-refractivity contribution in [2.75, 3.05) is 0 Å². The summed E-state index contributed by atoms with van der Waals surface area (Å²) in [4.78, 5) is 0. The van der Waals surface area contributed by atoms with E-state index in [1.165, 1.54) is 21.7 Å². The Bertz CT molecular complexity index is 484. The van der Waals surface area contributed by atoms with E-state index in [4.69, 9.17) is 0 Å². The molecule has 2 aromatic carbocycles. The van der Waals surface area contributed by atoms with Crippen molar-refractivity contribution in [1.29, 1.82) is 0 Å². The van der Waals surface area contributed by atoms with Crippen molar-refractivity contribution in [2.45, 2.75) is 13.8 Å². The van der Waals surface area contributed by atoms with Gasteiger partial charge < -0.3 is 0 Å². The minimum absolute atomic E-state index is 0.337. The molecule has 0 atom stereocenters. The zero-order chi connectivity index (χ0) is 11.5. The average molecular weight is 292 g/mol. The molecule has 0 N–H and O–H groups in total. The second-order valence-corrected chi connectivity index (χ2v) is 7.72. The second kappa shape index (κ2) is 5.06. The van der Waals surface area contributed by atoms with Crippen molar-refractivity contribution in [3.8, 4) is 0 Å². The number of rotatable bonds is 2. The van der Waals surface area contributed by atoms with Gasteiger partial charge in [-0.05, 0) is 0 Å². The summed E-state index contributed by atoms with van der Waals surface area (Å²) in [5, 5.41) is 2.87. The number of hydrogen-bond acceptors (Lipinski definition) is 0. The molecular weight excluding hydrogens is 278 g/mol. The Labute approximate surface area is 105 Å². The van der Waals surface area contributed by atoms with Gasteiger partial charge in [-0.2, -0.15) is 0 Å². The van der Waals surface area contributed by atoms with Crippen LogP contribution < -0.4 is 10.6 Å². The van der Waals surface area contributed by atoms with Crippen molar-refractivity contribution in [2.24, 2.45) is 0 Å². The van der Waals surface area contributed by atoms with Crippen LogP contribution >= 0.6 is 6.17 Å². The second-order valence-electron chi connectivity index (χ2n) is 3.87. The molecule has 0 heterocycles. The van der Waals surface area contributed by atoms with Crippen LogP contribution in [0, 0.1) is 13.8 Å². The first-order valence-electron chi connectivity index (χ1n) is 5.28. The van der Waals surface area contributed by atoms with Crippen LogP contribution in [-0.4, -0.2) is 15.1 Å². The number of benzene rings is 2. The van der Waals surface area contributed by atoms with Gasteiger partial charge in [0.15, 0.2) is 0 Å². The van der Waals surface area contributed by atoms with Gasteiger partial charge in [0.1, 0.15) is 0 Å². The maximum atomic E-state index is 3.36. The van der Waals surface area contributed by atoms with Crippen molar-refractivity contribution in [1.82, 2.24) is 0 Å². The fourth-order valence-corrected chi connectivity index (χ4v) is 5.78. The van der Waals surface area contributed by atoms with Gasteiger partial charge in [-0.25, -0.2) is 0 Å². The maximum absolute atomic E-state index is 3.36. The van der Waals surface area contributed by atoms with Crippen molar-refractivity contribution in [3.63, 3.8) is 0 Å². The molecule has 0 fully saturated rings. The third-order valence-corrected chi connectivity index (χ3v) is 7.02. The fourth-order valence-electron chi connectivity index (χ4n) is 1.71. The summed E-state index contributed by atoms with van der Waals surface area (Å²) in [6.07, 6.45) is -0.337. The van der Waals surface area contributed by atoms with Gasteiger partial charge in [0.05, 0.1) is 0 Å². The molecule has 2 aromatic rings. The van der Waals surface area contributed by atoms with Gasteiger partial charge >= 0.3 is 105 Å². The van der Waals surface area contributed by atoms with Gasteiger partial charge in [0.25, 0.3) is 0 Å². The molecule has 0 aromatic heterocycles. The van der Waals surface area contributed by atoms with E-state index in [9.17, 15) is 0 Å². The number of hydrogen-bond donors (Lipinski definition) is 0. The topological polar surface area (TPSA) is 0 Å². The molecule has 0 unspecified atom stereocenters. The van der Waals surface area contributed by atoms with Gasteiger partial charge in [-0.1, -0.05) is 0 Å². The Morgan fingerprint density at radius 3 is 1.50 bits per heavy atom. The van der Waals surface area contributed by atoms with Crippen molar-refractivity contribution in [3.05, 3.63) is 59.7 Å². The summed E-state index contributed by atoms with van der Waals surface area (Å²) in [5.74, 6) is 0. The molecule has 0 aliphatic heterocycles. The van der Waals surface area contributed by atoms with Gasteiger partial charge in [0.2, 0.25) is 0 Å². The molecule has 16 heavy (non-hydrogen) atoms. The zero-order valence-electron chi connectivity index (χ0n) is 9.47. The first kappa shape index (κ1) is 11.7. The molecule has 0 radical (unpaired) electrons. The Balaban J connectivity index is 2.48. The van der Waals surface area contributed by atoms with Crippen LogP contribution in [0.15, 0.2) is 48.5 Å². The summed E-state index contributed by atoms with van der Waals surface area (Å²) < 4.78 is 0. The van der Waals surface area contributed by atoms with Crippen molar-refractivity contribution < 1.29 is 0 Å². The third-order valence-electron chi connectivity index (χ3n) is 2.67. The van der Waals surface area contributed by atoms with Crippen LogP contribution in [0.4, 0.5) is 0 Å². The predicted octanol–water partition coefficient (Wildman–Crippen LogP) is 2.82. The Morgan fingerprint density at radius 1 is 0.750 bits per heavy atom. The van der Waals surface area contributed by atoms with E-state index < -0.39 is 0 Å². The van der Waals surface area contributed by atoms with Crippen LogP contribution in [0.1, 0.15) is 11.1 Å². The molecule has 0 aliphatic carbocycles. The Kier molecular flexibility index (Phi) is 3.71. The average Bonchev–Trinajstić information content (AvgIpc) is 2.29. The predicted molar refractivity (Wildman–Crippen MR) is 74.3 cm³/mol. The van der Waals surface area contributed by atoms with E-state index in [2.05, 4.69) is 77.5 Å². The molecule has 0 saturated heterocycles. The summed E-state index contributed by atoms with van der Waals surface area (Å²) >= 11 is 3.36. The van der Waals surface area contributed by atoms with Crippen LogP contribution in [-0.2, 0) is 0 Å². The Morgan fingerprint density at radius 2 is 1.12 bits per heavy atom. The van der Waals surface area contributed by atoms with E-state index in [0.717, 1.165) is 0 Å². The molecule has 0 nitrogen and oxygen atoms in total. The molecule has 2 rings (SSSR count). The first-order valence-corrected chi connectivity index (χ1v) is 8.84. The molecule has 0 spiro atoms. The summed E-state index contributed by atoms with van der Waals surface area (Å²) in [5.41, 5.74) is 2.74. The zero-order valence-corrected chi connectivity index (χ0v) is 12.1. The van der Waals surface area contributed by atoms with Gasteiger partial charge in [-0.15, -0.1) is 0 Å². The van der Waals surface area contributed by atoms with Crippen LogP contribution in [0.25, 0.3) is 0 Å². The summed E-state index contributed by atoms with van der Waals surface area (Å²) in [7, 11) is 0. The Hall–Kier alpha value is -0.741. The molecule has 80 valence electrons. The summed E-state index contributed by atoms with van der Waals surface area (Å²) in [6.45, 7) is 4.36. The van der Waals surface area contributed by atoms with E-state index >= 15 is 0 Å². The van der Waals surface area contributed by atoms with Gasteiger partial charge in [-0.3, -0.25) is 0 Å². The summed E-state index contributed by atoms with van der Waals surface area (Å²) in [6, 6.07) is 17.2. The van der Waals surface area contributed by atoms with Crippen molar-refractivity contribution >= 4 is 31.9 Å². The molecular formula is C14H14PSe+. The molecule has 0 bridgehead atoms. The normalized spacial score (nSPS) is 10.1. The van der Waals surface area contributed by atoms with E-state index in [0.29, 0.717) is 0 Å². The fraction of sp³-hybridized carbons (Fsp3) is 0.143. The minimum atomic E-state index is -0.337. The van der Waals surface area contributed by atoms with E-state index in [-0.39, 0.29) is 6.17 Å². The van der Waals surface area contributed by atoms with Crippen LogP contribution in [0.2, 0.25) is 0 Å². The SMILES string of the molecule is Cc1ccccc1[P+](=[Se])c1ccccc1C. The number of aryl methyl sites for hydroxylation is 2. The van der Waals surface area contributed by atoms with E-state index in [1.807, 2.05) is 0 Å². The van der Waals surface area contributed by atoms with Crippen LogP contribution in [0.3, 0.4) is 0 Å². The monoisotopic (exact) mass is 293 g/mol. The first-order chi connectivity index (χ1) is 7.70. The standard InChI is InChI=1S/C14H14PSe/c1-11-7-3-5-9-13(11)15(16)14-10-6-4-8-12(14)2/h3-10H,1-2H3/q+1. The van der Waals surface area contributed by atoms with E-state index in [1.54, 1.807) is 0 Å². The third kappa shape index (κ3) is 2.33.